The van der Waals surface area contributed by atoms with E-state index in [2.05, 4.69) is 22.1 Å². The molecular formula is C9H15N3OS2. The van der Waals surface area contributed by atoms with Gasteiger partial charge in [-0.25, -0.2) is 9.89 Å². The van der Waals surface area contributed by atoms with Crippen LogP contribution in [-0.4, -0.2) is 20.9 Å². The molecule has 0 bridgehead atoms. The summed E-state index contributed by atoms with van der Waals surface area (Å²) in [7, 11) is 0. The van der Waals surface area contributed by atoms with Gasteiger partial charge in [-0.2, -0.15) is 5.10 Å². The van der Waals surface area contributed by atoms with Gasteiger partial charge in [0.1, 0.15) is 4.64 Å². The predicted octanol–water partition coefficient (Wildman–Crippen LogP) is 2.50. The molecule has 0 saturated carbocycles. The summed E-state index contributed by atoms with van der Waals surface area (Å²) in [5.41, 5.74) is -0.352. The molecule has 6 heteroatoms. The van der Waals surface area contributed by atoms with Crippen LogP contribution in [0.15, 0.2) is 9.82 Å². The molecule has 4 nitrogen and oxygen atoms in total. The van der Waals surface area contributed by atoms with Gasteiger partial charge in [0.25, 0.3) is 0 Å². The summed E-state index contributed by atoms with van der Waals surface area (Å²) >= 11 is 6.57. The number of aromatic nitrogens is 3. The minimum Gasteiger partial charge on any atom is -0.295 e. The molecule has 1 aromatic heterocycles. The molecule has 0 aromatic carbocycles. The third kappa shape index (κ3) is 4.61. The summed E-state index contributed by atoms with van der Waals surface area (Å²) in [5, 5.41) is 6.94. The van der Waals surface area contributed by atoms with Gasteiger partial charge in [0.2, 0.25) is 0 Å². The molecule has 0 spiro atoms. The smallest absolute Gasteiger partial charge is 0.295 e. The number of hydrogen-bond acceptors (Lipinski definition) is 4. The van der Waals surface area contributed by atoms with E-state index in [1.807, 2.05) is 0 Å². The number of rotatable bonds is 6. The summed E-state index contributed by atoms with van der Waals surface area (Å²) in [6, 6.07) is 0. The minimum atomic E-state index is -0.352. The summed E-state index contributed by atoms with van der Waals surface area (Å²) in [4.78, 5) is 13.3. The third-order valence-electron chi connectivity index (χ3n) is 1.92. The van der Waals surface area contributed by atoms with Gasteiger partial charge in [0, 0.05) is 0 Å². The molecule has 2 N–H and O–H groups in total. The van der Waals surface area contributed by atoms with Crippen molar-refractivity contribution in [1.29, 1.82) is 0 Å². The van der Waals surface area contributed by atoms with Crippen molar-refractivity contribution in [2.75, 3.05) is 5.75 Å². The first-order chi connectivity index (χ1) is 7.24. The minimum absolute atomic E-state index is 0.352. The van der Waals surface area contributed by atoms with E-state index in [0.29, 0.717) is 9.67 Å². The summed E-state index contributed by atoms with van der Waals surface area (Å²) in [5.74, 6) is 0.997. The Balaban J connectivity index is 2.38. The van der Waals surface area contributed by atoms with E-state index < -0.39 is 0 Å². The van der Waals surface area contributed by atoms with Crippen LogP contribution in [0.25, 0.3) is 0 Å². The molecule has 0 radical (unpaired) electrons. The van der Waals surface area contributed by atoms with Crippen LogP contribution in [-0.2, 0) is 0 Å². The van der Waals surface area contributed by atoms with Crippen LogP contribution in [0, 0.1) is 4.64 Å². The molecule has 0 atom stereocenters. The number of aromatic amines is 2. The molecule has 0 saturated heterocycles. The molecule has 15 heavy (non-hydrogen) atoms. The molecule has 0 fully saturated rings. The number of nitrogens with one attached hydrogen (secondary N) is 2. The van der Waals surface area contributed by atoms with Crippen LogP contribution in [0.3, 0.4) is 0 Å². The van der Waals surface area contributed by atoms with Crippen molar-refractivity contribution in [2.24, 2.45) is 0 Å². The summed E-state index contributed by atoms with van der Waals surface area (Å²) in [6.45, 7) is 2.19. The zero-order valence-electron chi connectivity index (χ0n) is 8.71. The quantitative estimate of drug-likeness (QED) is 0.459. The maximum Gasteiger partial charge on any atom is 0.340 e. The van der Waals surface area contributed by atoms with E-state index in [0.717, 1.165) is 12.2 Å². The Morgan fingerprint density at radius 1 is 1.40 bits per heavy atom. The highest BCUT2D eigenvalue weighted by atomic mass is 32.2. The van der Waals surface area contributed by atoms with Gasteiger partial charge in [-0.3, -0.25) is 4.98 Å². The highest BCUT2D eigenvalue weighted by Crippen LogP contribution is 2.16. The molecule has 1 aromatic rings. The number of H-pyrrole nitrogens is 2. The number of nitrogens with zero attached hydrogens (tertiary/aromatic N) is 1. The molecule has 0 aliphatic rings. The lowest BCUT2D eigenvalue weighted by molar-refractivity contribution is 0.705. The number of hydrogen-bond donors (Lipinski definition) is 2. The van der Waals surface area contributed by atoms with Crippen LogP contribution in [0.1, 0.15) is 32.6 Å². The van der Waals surface area contributed by atoms with E-state index in [1.54, 1.807) is 11.8 Å². The van der Waals surface area contributed by atoms with Gasteiger partial charge >= 0.3 is 5.69 Å². The van der Waals surface area contributed by atoms with E-state index in [9.17, 15) is 4.79 Å². The summed E-state index contributed by atoms with van der Waals surface area (Å²) < 4.78 is 0.430. The largest absolute Gasteiger partial charge is 0.340 e. The highest BCUT2D eigenvalue weighted by Gasteiger charge is 1.99. The Bertz CT molecular complexity index is 399. The fourth-order valence-electron chi connectivity index (χ4n) is 1.13. The molecular weight excluding hydrogens is 230 g/mol. The molecule has 1 rings (SSSR count). The number of unbranched alkanes of at least 4 members (excludes halogenated alkanes) is 3. The van der Waals surface area contributed by atoms with E-state index >= 15 is 0 Å². The lowest BCUT2D eigenvalue weighted by Crippen LogP contribution is -2.12. The fourth-order valence-corrected chi connectivity index (χ4v) is 2.28. The third-order valence-corrected chi connectivity index (χ3v) is 3.40. The van der Waals surface area contributed by atoms with Gasteiger partial charge in [-0.1, -0.05) is 38.4 Å². The van der Waals surface area contributed by atoms with Crippen molar-refractivity contribution < 1.29 is 0 Å². The fraction of sp³-hybridized carbons (Fsp3) is 0.667. The second-order valence-corrected chi connectivity index (χ2v) is 4.71. The Kier molecular flexibility index (Phi) is 5.63. The molecule has 0 aliphatic heterocycles. The second kappa shape index (κ2) is 6.79. The van der Waals surface area contributed by atoms with Gasteiger partial charge < -0.3 is 0 Å². The predicted molar refractivity (Wildman–Crippen MR) is 64.9 cm³/mol. The average molecular weight is 245 g/mol. The van der Waals surface area contributed by atoms with Crippen LogP contribution < -0.4 is 5.69 Å². The van der Waals surface area contributed by atoms with Crippen molar-refractivity contribution in [3.63, 3.8) is 0 Å². The average Bonchev–Trinajstić information content (AvgIpc) is 2.20. The van der Waals surface area contributed by atoms with Crippen molar-refractivity contribution in [2.45, 2.75) is 37.6 Å². The SMILES string of the molecule is CCCCCCSc1n[nH]c(=O)[nH]c1=S. The topological polar surface area (TPSA) is 61.5 Å². The van der Waals surface area contributed by atoms with E-state index in [-0.39, 0.29) is 5.69 Å². The molecule has 0 aliphatic carbocycles. The van der Waals surface area contributed by atoms with Gasteiger partial charge in [-0.15, -0.1) is 11.8 Å². The molecule has 84 valence electrons. The van der Waals surface area contributed by atoms with Crippen LogP contribution in [0.2, 0.25) is 0 Å². The van der Waals surface area contributed by atoms with Gasteiger partial charge in [0.15, 0.2) is 5.03 Å². The van der Waals surface area contributed by atoms with Gasteiger partial charge in [-0.05, 0) is 12.2 Å². The van der Waals surface area contributed by atoms with Crippen LogP contribution in [0.4, 0.5) is 0 Å². The highest BCUT2D eigenvalue weighted by molar-refractivity contribution is 7.99. The Morgan fingerprint density at radius 3 is 2.87 bits per heavy atom. The molecule has 0 amide bonds. The van der Waals surface area contributed by atoms with Gasteiger partial charge in [0.05, 0.1) is 0 Å². The number of thioether (sulfide) groups is 1. The van der Waals surface area contributed by atoms with Crippen LogP contribution >= 0.6 is 24.0 Å². The maximum absolute atomic E-state index is 10.8. The first kappa shape index (κ1) is 12.4. The summed E-state index contributed by atoms with van der Waals surface area (Å²) in [6.07, 6.45) is 4.91. The molecule has 0 unspecified atom stereocenters. The lowest BCUT2D eigenvalue weighted by atomic mass is 10.2. The van der Waals surface area contributed by atoms with E-state index in [4.69, 9.17) is 12.2 Å². The first-order valence-corrected chi connectivity index (χ1v) is 6.45. The van der Waals surface area contributed by atoms with E-state index in [1.165, 1.54) is 19.3 Å². The monoisotopic (exact) mass is 245 g/mol. The zero-order valence-corrected chi connectivity index (χ0v) is 10.3. The lowest BCUT2D eigenvalue weighted by Gasteiger charge is -1.99. The molecule has 1 heterocycles. The standard InChI is InChI=1S/C9H15N3OS2/c1-2-3-4-5-6-15-8-7(14)10-9(13)12-11-8/h2-6H2,1H3,(H2,10,12,13,14). The Morgan fingerprint density at radius 2 is 2.20 bits per heavy atom. The normalized spacial score (nSPS) is 10.5. The van der Waals surface area contributed by atoms with Crippen molar-refractivity contribution in [3.05, 3.63) is 15.1 Å². The van der Waals surface area contributed by atoms with Crippen molar-refractivity contribution in [1.82, 2.24) is 15.2 Å². The maximum atomic E-state index is 10.8. The zero-order chi connectivity index (χ0) is 11.1. The Labute approximate surface area is 97.9 Å². The van der Waals surface area contributed by atoms with Crippen molar-refractivity contribution >= 4 is 24.0 Å². The first-order valence-electron chi connectivity index (χ1n) is 5.06. The van der Waals surface area contributed by atoms with Crippen LogP contribution in [0.5, 0.6) is 0 Å². The Hall–Kier alpha value is -0.620. The second-order valence-electron chi connectivity index (χ2n) is 3.22. The van der Waals surface area contributed by atoms with Crippen molar-refractivity contribution in [3.8, 4) is 0 Å².